The lowest BCUT2D eigenvalue weighted by Gasteiger charge is -2.36. The van der Waals surface area contributed by atoms with Gasteiger partial charge in [-0.25, -0.2) is 0 Å². The van der Waals surface area contributed by atoms with Crippen LogP contribution in [0.25, 0.3) is 0 Å². The Morgan fingerprint density at radius 1 is 1.32 bits per heavy atom. The first-order valence-corrected chi connectivity index (χ1v) is 8.10. The fourth-order valence-electron chi connectivity index (χ4n) is 3.37. The number of nitrogens with zero attached hydrogens (tertiary/aromatic N) is 2. The molecule has 22 heavy (non-hydrogen) atoms. The Morgan fingerprint density at radius 3 is 2.64 bits per heavy atom. The van der Waals surface area contributed by atoms with Crippen LogP contribution in [-0.4, -0.2) is 30.5 Å². The van der Waals surface area contributed by atoms with E-state index in [0.29, 0.717) is 37.6 Å². The maximum atomic E-state index is 12.8. The van der Waals surface area contributed by atoms with Gasteiger partial charge < -0.3 is 9.64 Å². The zero-order valence-corrected chi connectivity index (χ0v) is 13.2. The number of rotatable bonds is 2. The number of hydrogen-bond donors (Lipinski definition) is 0. The van der Waals surface area contributed by atoms with Crippen molar-refractivity contribution in [1.82, 2.24) is 4.90 Å². The molecule has 1 atom stereocenters. The molecule has 116 valence electrons. The summed E-state index contributed by atoms with van der Waals surface area (Å²) < 4.78 is 5.79. The van der Waals surface area contributed by atoms with E-state index in [1.807, 2.05) is 24.3 Å². The van der Waals surface area contributed by atoms with Crippen LogP contribution in [0.2, 0.25) is 5.02 Å². The summed E-state index contributed by atoms with van der Waals surface area (Å²) in [6, 6.07) is 9.80. The fourth-order valence-corrected chi connectivity index (χ4v) is 3.49. The van der Waals surface area contributed by atoms with Gasteiger partial charge in [-0.1, -0.05) is 36.6 Å². The highest BCUT2D eigenvalue weighted by Gasteiger charge is 2.45. The Bertz CT molecular complexity index is 588. The first-order valence-electron chi connectivity index (χ1n) is 7.72. The van der Waals surface area contributed by atoms with Crippen molar-refractivity contribution in [2.45, 2.75) is 31.8 Å². The predicted octanol–water partition coefficient (Wildman–Crippen LogP) is 3.32. The minimum atomic E-state index is -0.804. The van der Waals surface area contributed by atoms with E-state index in [9.17, 15) is 10.1 Å². The normalized spacial score (nSPS) is 24.0. The molecule has 0 spiro atoms. The van der Waals surface area contributed by atoms with Crippen molar-refractivity contribution in [3.8, 4) is 6.07 Å². The Morgan fingerprint density at radius 2 is 2.00 bits per heavy atom. The molecule has 1 aromatic rings. The van der Waals surface area contributed by atoms with Crippen LogP contribution < -0.4 is 0 Å². The maximum absolute atomic E-state index is 12.8. The third kappa shape index (κ3) is 2.84. The molecule has 1 saturated carbocycles. The van der Waals surface area contributed by atoms with Crippen molar-refractivity contribution in [3.63, 3.8) is 0 Å². The molecule has 0 N–H and O–H groups in total. The number of nitriles is 1. The summed E-state index contributed by atoms with van der Waals surface area (Å²) in [4.78, 5) is 14.6. The van der Waals surface area contributed by atoms with E-state index in [2.05, 4.69) is 6.07 Å². The van der Waals surface area contributed by atoms with Gasteiger partial charge in [-0.05, 0) is 30.5 Å². The smallest absolute Gasteiger partial charge is 0.243 e. The summed E-state index contributed by atoms with van der Waals surface area (Å²) in [7, 11) is 0. The molecule has 1 aliphatic carbocycles. The van der Waals surface area contributed by atoms with E-state index in [4.69, 9.17) is 16.3 Å². The van der Waals surface area contributed by atoms with Crippen molar-refractivity contribution < 1.29 is 9.53 Å². The topological polar surface area (TPSA) is 53.3 Å². The van der Waals surface area contributed by atoms with E-state index in [0.717, 1.165) is 18.4 Å². The number of halogens is 1. The molecule has 0 radical (unpaired) electrons. The van der Waals surface area contributed by atoms with E-state index in [1.165, 1.54) is 0 Å². The predicted molar refractivity (Wildman–Crippen MR) is 83.2 cm³/mol. The Labute approximate surface area is 135 Å². The molecule has 2 aliphatic rings. The van der Waals surface area contributed by atoms with Crippen LogP contribution in [0.4, 0.5) is 0 Å². The van der Waals surface area contributed by atoms with Crippen LogP contribution in [-0.2, 0) is 9.53 Å². The summed E-state index contributed by atoms with van der Waals surface area (Å²) in [5.74, 6) is -0.0187. The molecular formula is C17H19ClN2O2. The van der Waals surface area contributed by atoms with Crippen LogP contribution in [0.1, 0.15) is 37.4 Å². The van der Waals surface area contributed by atoms with Gasteiger partial charge in [0.1, 0.15) is 11.5 Å². The van der Waals surface area contributed by atoms with Gasteiger partial charge in [0.25, 0.3) is 0 Å². The average molecular weight is 319 g/mol. The number of hydrogen-bond acceptors (Lipinski definition) is 3. The van der Waals surface area contributed by atoms with Crippen molar-refractivity contribution >= 4 is 17.5 Å². The third-order valence-electron chi connectivity index (χ3n) is 4.68. The Kier molecular flexibility index (Phi) is 4.37. The molecule has 0 bridgehead atoms. The lowest BCUT2D eigenvalue weighted by Crippen LogP contribution is -2.48. The van der Waals surface area contributed by atoms with E-state index < -0.39 is 5.41 Å². The van der Waals surface area contributed by atoms with Crippen molar-refractivity contribution in [1.29, 1.82) is 5.26 Å². The van der Waals surface area contributed by atoms with Gasteiger partial charge in [-0.2, -0.15) is 5.26 Å². The van der Waals surface area contributed by atoms with Gasteiger partial charge in [0, 0.05) is 11.6 Å². The summed E-state index contributed by atoms with van der Waals surface area (Å²) >= 11 is 5.91. The first-order chi connectivity index (χ1) is 10.6. The van der Waals surface area contributed by atoms with E-state index in [1.54, 1.807) is 4.90 Å². The summed E-state index contributed by atoms with van der Waals surface area (Å²) in [5, 5.41) is 10.2. The molecule has 1 saturated heterocycles. The van der Waals surface area contributed by atoms with Crippen LogP contribution in [0.3, 0.4) is 0 Å². The van der Waals surface area contributed by atoms with E-state index >= 15 is 0 Å². The fraction of sp³-hybridized carbons (Fsp3) is 0.529. The number of amides is 1. The highest BCUT2D eigenvalue weighted by atomic mass is 35.5. The second-order valence-electron chi connectivity index (χ2n) is 6.06. The average Bonchev–Trinajstić information content (AvgIpc) is 3.05. The van der Waals surface area contributed by atoms with Gasteiger partial charge in [-0.3, -0.25) is 4.79 Å². The minimum absolute atomic E-state index is 0.0187. The van der Waals surface area contributed by atoms with E-state index in [-0.39, 0.29) is 12.0 Å². The SMILES string of the molecule is N#CC1(C(=O)N2CCOC(c3ccc(Cl)cc3)C2)CCCC1. The molecular weight excluding hydrogens is 300 g/mol. The van der Waals surface area contributed by atoms with Crippen LogP contribution in [0, 0.1) is 16.7 Å². The highest BCUT2D eigenvalue weighted by molar-refractivity contribution is 6.30. The molecule has 2 fully saturated rings. The van der Waals surface area contributed by atoms with Crippen molar-refractivity contribution in [2.75, 3.05) is 19.7 Å². The number of morpholine rings is 1. The van der Waals surface area contributed by atoms with Crippen LogP contribution in [0.5, 0.6) is 0 Å². The molecule has 1 aliphatic heterocycles. The number of carbonyl (C=O) groups excluding carboxylic acids is 1. The second kappa shape index (κ2) is 6.28. The van der Waals surface area contributed by atoms with Gasteiger partial charge in [0.05, 0.1) is 19.2 Å². The molecule has 0 aromatic heterocycles. The van der Waals surface area contributed by atoms with Gasteiger partial charge >= 0.3 is 0 Å². The standard InChI is InChI=1S/C17H19ClN2O2/c18-14-5-3-13(4-6-14)15-11-20(9-10-22-15)16(21)17(12-19)7-1-2-8-17/h3-6,15H,1-2,7-11H2. The number of ether oxygens (including phenoxy) is 1. The largest absolute Gasteiger partial charge is 0.370 e. The van der Waals surface area contributed by atoms with Gasteiger partial charge in [0.15, 0.2) is 0 Å². The third-order valence-corrected chi connectivity index (χ3v) is 4.93. The Hall–Kier alpha value is -1.57. The quantitative estimate of drug-likeness (QED) is 0.840. The van der Waals surface area contributed by atoms with Gasteiger partial charge in [-0.15, -0.1) is 0 Å². The molecule has 5 heteroatoms. The maximum Gasteiger partial charge on any atom is 0.243 e. The van der Waals surface area contributed by atoms with Gasteiger partial charge in [0.2, 0.25) is 5.91 Å². The molecule has 4 nitrogen and oxygen atoms in total. The molecule has 3 rings (SSSR count). The number of carbonyl (C=O) groups is 1. The van der Waals surface area contributed by atoms with Crippen LogP contribution >= 0.6 is 11.6 Å². The summed E-state index contributed by atoms with van der Waals surface area (Å²) in [6.07, 6.45) is 3.15. The summed E-state index contributed by atoms with van der Waals surface area (Å²) in [5.41, 5.74) is 0.210. The number of benzene rings is 1. The lowest BCUT2D eigenvalue weighted by molar-refractivity contribution is -0.146. The Balaban J connectivity index is 1.74. The second-order valence-corrected chi connectivity index (χ2v) is 6.50. The molecule has 1 amide bonds. The molecule has 1 heterocycles. The van der Waals surface area contributed by atoms with Crippen molar-refractivity contribution in [3.05, 3.63) is 34.9 Å². The molecule has 1 unspecified atom stereocenters. The first kappa shape index (κ1) is 15.3. The monoisotopic (exact) mass is 318 g/mol. The highest BCUT2D eigenvalue weighted by Crippen LogP contribution is 2.40. The summed E-state index contributed by atoms with van der Waals surface area (Å²) in [6.45, 7) is 1.57. The van der Waals surface area contributed by atoms with Crippen LogP contribution in [0.15, 0.2) is 24.3 Å². The minimum Gasteiger partial charge on any atom is -0.370 e. The van der Waals surface area contributed by atoms with Crippen molar-refractivity contribution in [2.24, 2.45) is 5.41 Å². The zero-order chi connectivity index (χ0) is 15.6. The lowest BCUT2D eigenvalue weighted by atomic mass is 9.86. The zero-order valence-electron chi connectivity index (χ0n) is 12.4. The molecule has 1 aromatic carbocycles.